The number of benzene rings is 2. The standard InChI is InChI=1S/C20H22F2N2O/c1-14(17-8-9-18(21)19(22)12-17)23-13-15-4-6-16(7-5-15)20(25)24-10-2-3-11-24/h4-9,12,14,23H,2-3,10-11,13H2,1H3/t14-/m0/s1. The van der Waals surface area contributed by atoms with Gasteiger partial charge in [0.1, 0.15) is 0 Å². The third kappa shape index (κ3) is 4.23. The van der Waals surface area contributed by atoms with E-state index in [9.17, 15) is 13.6 Å². The van der Waals surface area contributed by atoms with Crippen molar-refractivity contribution in [3.05, 3.63) is 70.8 Å². The Bertz CT molecular complexity index is 740. The molecule has 3 nitrogen and oxygen atoms in total. The normalized spacial score (nSPS) is 15.4. The molecule has 0 radical (unpaired) electrons. The van der Waals surface area contributed by atoms with Crippen molar-refractivity contribution in [3.8, 4) is 0 Å². The second-order valence-corrected chi connectivity index (χ2v) is 6.47. The van der Waals surface area contributed by atoms with Gasteiger partial charge in [-0.3, -0.25) is 4.79 Å². The number of carbonyl (C=O) groups is 1. The molecule has 0 spiro atoms. The van der Waals surface area contributed by atoms with Gasteiger partial charge in [0.25, 0.3) is 5.91 Å². The van der Waals surface area contributed by atoms with Gasteiger partial charge in [0.2, 0.25) is 0 Å². The molecular formula is C20H22F2N2O. The number of nitrogens with one attached hydrogen (secondary N) is 1. The molecule has 5 heteroatoms. The molecule has 2 aromatic carbocycles. The van der Waals surface area contributed by atoms with Crippen molar-refractivity contribution in [2.75, 3.05) is 13.1 Å². The Morgan fingerprint density at radius 2 is 1.76 bits per heavy atom. The van der Waals surface area contributed by atoms with Crippen LogP contribution in [0, 0.1) is 11.6 Å². The lowest BCUT2D eigenvalue weighted by Gasteiger charge is -2.16. The first-order valence-electron chi connectivity index (χ1n) is 8.61. The molecule has 25 heavy (non-hydrogen) atoms. The fraction of sp³-hybridized carbons (Fsp3) is 0.350. The van der Waals surface area contributed by atoms with E-state index in [-0.39, 0.29) is 11.9 Å². The van der Waals surface area contributed by atoms with Crippen LogP contribution in [-0.2, 0) is 6.54 Å². The summed E-state index contributed by atoms with van der Waals surface area (Å²) in [5.74, 6) is -1.59. The first-order chi connectivity index (χ1) is 12.0. The van der Waals surface area contributed by atoms with Gasteiger partial charge >= 0.3 is 0 Å². The van der Waals surface area contributed by atoms with Crippen molar-refractivity contribution in [2.45, 2.75) is 32.4 Å². The van der Waals surface area contributed by atoms with Crippen LogP contribution >= 0.6 is 0 Å². The highest BCUT2D eigenvalue weighted by Gasteiger charge is 2.19. The Morgan fingerprint density at radius 3 is 2.40 bits per heavy atom. The van der Waals surface area contributed by atoms with E-state index in [1.807, 2.05) is 36.1 Å². The van der Waals surface area contributed by atoms with E-state index in [0.717, 1.165) is 37.6 Å². The summed E-state index contributed by atoms with van der Waals surface area (Å²) in [5, 5.41) is 3.28. The van der Waals surface area contributed by atoms with E-state index in [4.69, 9.17) is 0 Å². The molecule has 132 valence electrons. The number of rotatable bonds is 5. The quantitative estimate of drug-likeness (QED) is 0.887. The van der Waals surface area contributed by atoms with Gasteiger partial charge in [-0.2, -0.15) is 0 Å². The highest BCUT2D eigenvalue weighted by atomic mass is 19.2. The lowest BCUT2D eigenvalue weighted by atomic mass is 10.1. The molecule has 1 saturated heterocycles. The largest absolute Gasteiger partial charge is 0.339 e. The second-order valence-electron chi connectivity index (χ2n) is 6.47. The van der Waals surface area contributed by atoms with Gasteiger partial charge in [0.05, 0.1) is 0 Å². The molecule has 0 bridgehead atoms. The van der Waals surface area contributed by atoms with Crippen LogP contribution in [0.4, 0.5) is 8.78 Å². The first-order valence-corrected chi connectivity index (χ1v) is 8.61. The number of amides is 1. The van der Waals surface area contributed by atoms with Crippen LogP contribution in [0.3, 0.4) is 0 Å². The Balaban J connectivity index is 1.57. The van der Waals surface area contributed by atoms with Gasteiger partial charge in [0.15, 0.2) is 11.6 Å². The number of nitrogens with zero attached hydrogens (tertiary/aromatic N) is 1. The van der Waals surface area contributed by atoms with Crippen LogP contribution in [0.5, 0.6) is 0 Å². The third-order valence-corrected chi connectivity index (χ3v) is 4.65. The summed E-state index contributed by atoms with van der Waals surface area (Å²) >= 11 is 0. The van der Waals surface area contributed by atoms with E-state index in [0.29, 0.717) is 17.7 Å². The molecule has 1 fully saturated rings. The van der Waals surface area contributed by atoms with Gasteiger partial charge in [-0.15, -0.1) is 0 Å². The maximum atomic E-state index is 13.3. The van der Waals surface area contributed by atoms with Crippen molar-refractivity contribution in [3.63, 3.8) is 0 Å². The van der Waals surface area contributed by atoms with Crippen LogP contribution in [0.1, 0.15) is 47.3 Å². The molecule has 2 aromatic rings. The average molecular weight is 344 g/mol. The van der Waals surface area contributed by atoms with Gasteiger partial charge in [-0.25, -0.2) is 8.78 Å². The molecule has 1 heterocycles. The molecule has 1 aliphatic heterocycles. The molecule has 3 rings (SSSR count). The molecule has 1 aliphatic rings. The zero-order valence-electron chi connectivity index (χ0n) is 14.3. The minimum atomic E-state index is -0.839. The van der Waals surface area contributed by atoms with Gasteiger partial charge in [0, 0.05) is 31.2 Å². The number of hydrogen-bond donors (Lipinski definition) is 1. The van der Waals surface area contributed by atoms with Crippen molar-refractivity contribution >= 4 is 5.91 Å². The molecule has 1 atom stereocenters. The Morgan fingerprint density at radius 1 is 1.08 bits per heavy atom. The summed E-state index contributed by atoms with van der Waals surface area (Å²) in [5.41, 5.74) is 2.44. The van der Waals surface area contributed by atoms with E-state index in [1.54, 1.807) is 6.07 Å². The smallest absolute Gasteiger partial charge is 0.253 e. The zero-order chi connectivity index (χ0) is 17.8. The van der Waals surface area contributed by atoms with E-state index in [1.165, 1.54) is 6.07 Å². The monoisotopic (exact) mass is 344 g/mol. The van der Waals surface area contributed by atoms with Crippen molar-refractivity contribution in [2.24, 2.45) is 0 Å². The highest BCUT2D eigenvalue weighted by molar-refractivity contribution is 5.94. The predicted molar refractivity (Wildman–Crippen MR) is 93.2 cm³/mol. The van der Waals surface area contributed by atoms with E-state index in [2.05, 4.69) is 5.32 Å². The van der Waals surface area contributed by atoms with Gasteiger partial charge in [-0.1, -0.05) is 18.2 Å². The first kappa shape index (κ1) is 17.5. The Labute approximate surface area is 146 Å². The molecular weight excluding hydrogens is 322 g/mol. The number of likely N-dealkylation sites (tertiary alicyclic amines) is 1. The topological polar surface area (TPSA) is 32.3 Å². The summed E-state index contributed by atoms with van der Waals surface area (Å²) in [4.78, 5) is 14.2. The van der Waals surface area contributed by atoms with Gasteiger partial charge < -0.3 is 10.2 Å². The lowest BCUT2D eigenvalue weighted by Crippen LogP contribution is -2.27. The van der Waals surface area contributed by atoms with Crippen LogP contribution in [0.2, 0.25) is 0 Å². The maximum absolute atomic E-state index is 13.3. The van der Waals surface area contributed by atoms with E-state index < -0.39 is 11.6 Å². The van der Waals surface area contributed by atoms with Crippen LogP contribution in [0.25, 0.3) is 0 Å². The third-order valence-electron chi connectivity index (χ3n) is 4.65. The SMILES string of the molecule is C[C@H](NCc1ccc(C(=O)N2CCCC2)cc1)c1ccc(F)c(F)c1. The summed E-state index contributed by atoms with van der Waals surface area (Å²) in [6, 6.07) is 11.4. The molecule has 0 aromatic heterocycles. The van der Waals surface area contributed by atoms with Crippen molar-refractivity contribution in [1.29, 1.82) is 0 Å². The molecule has 0 saturated carbocycles. The van der Waals surface area contributed by atoms with Crippen molar-refractivity contribution in [1.82, 2.24) is 10.2 Å². The number of hydrogen-bond acceptors (Lipinski definition) is 2. The summed E-state index contributed by atoms with van der Waals surface area (Å²) in [6.07, 6.45) is 2.16. The minimum absolute atomic E-state index is 0.0900. The zero-order valence-corrected chi connectivity index (χ0v) is 14.3. The van der Waals surface area contributed by atoms with Crippen LogP contribution in [0.15, 0.2) is 42.5 Å². The predicted octanol–water partition coefficient (Wildman–Crippen LogP) is 4.05. The van der Waals surface area contributed by atoms with Crippen LogP contribution in [-0.4, -0.2) is 23.9 Å². The molecule has 0 unspecified atom stereocenters. The summed E-state index contributed by atoms with van der Waals surface area (Å²) in [7, 11) is 0. The minimum Gasteiger partial charge on any atom is -0.339 e. The van der Waals surface area contributed by atoms with Crippen LogP contribution < -0.4 is 5.32 Å². The van der Waals surface area contributed by atoms with E-state index >= 15 is 0 Å². The van der Waals surface area contributed by atoms with Crippen molar-refractivity contribution < 1.29 is 13.6 Å². The fourth-order valence-corrected chi connectivity index (χ4v) is 3.04. The Hall–Kier alpha value is -2.27. The van der Waals surface area contributed by atoms with Gasteiger partial charge in [-0.05, 0) is 55.2 Å². The summed E-state index contributed by atoms with van der Waals surface area (Å²) in [6.45, 7) is 4.16. The number of carbonyl (C=O) groups excluding carboxylic acids is 1. The summed E-state index contributed by atoms with van der Waals surface area (Å²) < 4.78 is 26.3. The fourth-order valence-electron chi connectivity index (χ4n) is 3.04. The Kier molecular flexibility index (Phi) is 5.43. The molecule has 0 aliphatic carbocycles. The lowest BCUT2D eigenvalue weighted by molar-refractivity contribution is 0.0793. The average Bonchev–Trinajstić information content (AvgIpc) is 3.16. The second kappa shape index (κ2) is 7.74. The highest BCUT2D eigenvalue weighted by Crippen LogP contribution is 2.17. The number of halogens is 2. The molecule has 1 N–H and O–H groups in total. The molecule has 1 amide bonds. The maximum Gasteiger partial charge on any atom is 0.253 e.